The molecule has 1 amide bonds. The largest absolute Gasteiger partial charge is 0.490 e. The van der Waals surface area contributed by atoms with E-state index in [1.165, 1.54) is 17.7 Å². The van der Waals surface area contributed by atoms with Crippen molar-refractivity contribution in [2.24, 2.45) is 17.8 Å². The molecule has 6 atom stereocenters. The van der Waals surface area contributed by atoms with Crippen LogP contribution in [0.4, 0.5) is 5.69 Å². The lowest BCUT2D eigenvalue weighted by Gasteiger charge is -2.44. The average Bonchev–Trinajstić information content (AvgIpc) is 3.49. The minimum absolute atomic E-state index is 0.0840. The van der Waals surface area contributed by atoms with Gasteiger partial charge >= 0.3 is 0 Å². The lowest BCUT2D eigenvalue weighted by molar-refractivity contribution is -0.122. The van der Waals surface area contributed by atoms with E-state index in [-0.39, 0.29) is 46.7 Å². The summed E-state index contributed by atoms with van der Waals surface area (Å²) in [6.45, 7) is 16.8. The number of morpholine rings is 1. The lowest BCUT2D eigenvalue weighted by Crippen LogP contribution is -2.66. The summed E-state index contributed by atoms with van der Waals surface area (Å²) < 4.78 is 50.8. The molecule has 0 aromatic heterocycles. The van der Waals surface area contributed by atoms with E-state index >= 15 is 0 Å². The maximum Gasteiger partial charge on any atom is 0.264 e. The number of ether oxygens (including phenoxy) is 2. The Morgan fingerprint density at radius 1 is 0.943 bits per heavy atom. The van der Waals surface area contributed by atoms with Gasteiger partial charge in [0.05, 0.1) is 30.8 Å². The number of hydrogen-bond donors (Lipinski definition) is 2. The Labute approximate surface area is 421 Å². The molecule has 6 aliphatic rings. The summed E-state index contributed by atoms with van der Waals surface area (Å²) in [6.07, 6.45) is 8.61. The number of aryl methyl sites for hydroxylation is 1. The van der Waals surface area contributed by atoms with E-state index in [4.69, 9.17) is 25.5 Å². The topological polar surface area (TPSA) is 127 Å². The van der Waals surface area contributed by atoms with Gasteiger partial charge in [-0.05, 0) is 120 Å². The predicted octanol–water partition coefficient (Wildman–Crippen LogP) is 7.69. The van der Waals surface area contributed by atoms with Crippen molar-refractivity contribution in [2.45, 2.75) is 94.4 Å². The lowest BCUT2D eigenvalue weighted by atomic mass is 9.68. The van der Waals surface area contributed by atoms with Crippen molar-refractivity contribution in [3.05, 3.63) is 131 Å². The number of nitrogens with zero attached hydrogens (tertiary/aromatic N) is 2. The van der Waals surface area contributed by atoms with Crippen molar-refractivity contribution in [3.63, 3.8) is 0 Å². The maximum absolute atomic E-state index is 14.6. The fraction of sp³-hybridized carbons (Fsp3) is 0.500. The second-order valence-corrected chi connectivity index (χ2v) is 28.2. The van der Waals surface area contributed by atoms with Gasteiger partial charge < -0.3 is 24.1 Å². The summed E-state index contributed by atoms with van der Waals surface area (Å²) in [5.41, 5.74) is 3.10. The van der Waals surface area contributed by atoms with Gasteiger partial charge in [0, 0.05) is 73.8 Å². The number of carbonyl (C=O) groups is 2. The average molecular weight is 1010 g/mol. The molecule has 70 heavy (non-hydrogen) atoms. The Morgan fingerprint density at radius 2 is 1.70 bits per heavy atom. The molecule has 4 aliphatic heterocycles. The van der Waals surface area contributed by atoms with Crippen molar-refractivity contribution in [3.8, 4) is 5.75 Å². The summed E-state index contributed by atoms with van der Waals surface area (Å²) in [6, 6.07) is 32.6. The number of benzene rings is 4. The number of anilines is 1. The van der Waals surface area contributed by atoms with Crippen LogP contribution in [0.2, 0.25) is 10.1 Å². The normalized spacial score (nSPS) is 27.4. The minimum atomic E-state index is -4.24. The van der Waals surface area contributed by atoms with Crippen LogP contribution in [0.5, 0.6) is 5.75 Å². The zero-order chi connectivity index (χ0) is 49.1. The number of allylic oxidation sites excluding steroid dienone is 2. The number of carbonyl (C=O) groups excluding carboxylic acids is 2. The number of amides is 1. The monoisotopic (exact) mass is 1010 g/mol. The standard InChI is InChI=1S/C49H57ClN2O6SSi.C7H14N2O/c1-34-13-11-19-44(53)41-23-20-37(41)31-52-32-49(27-12-14-35-29-38(50)22-24-42(35)49)33-57-45-25-21-36(30-43(45)52)47(54)51-59(55,56)46(34)26-28-58-60(48(2,3)4,39-15-7-5-8-16-39)40-17-9-6-10-18-40;1-2-9-3-4-10-6-7(9)5-8-1/h5-11,15-19,21-22,24-25,29-30,34,37,41,46H,12-14,20,23,26-28,31-33H2,1-4H3,(H,51,54);7-8H,1-6H2/b19-11+;/t34-,37-,41+,46+,49-;7-/m00/s1. The second kappa shape index (κ2) is 21.4. The highest BCUT2D eigenvalue weighted by Gasteiger charge is 2.51. The minimum Gasteiger partial charge on any atom is -0.490 e. The number of piperazine rings is 1. The Kier molecular flexibility index (Phi) is 15.5. The molecule has 0 unspecified atom stereocenters. The SMILES string of the molecule is C1CN2CCOC[C@@H]2CN1.C[C@H]1C/C=C/C(=O)[C@@H]2CC[C@H]2CN2C[C@@]3(CCCc4cc(Cl)ccc43)COc3ccc(cc32)C(=O)NS(=O)(=O)[C@@H]1CCO[Si](c1ccccc1)(c1ccccc1)C(C)(C)C. The zero-order valence-corrected chi connectivity index (χ0v) is 43.9. The van der Waals surface area contributed by atoms with E-state index < -0.39 is 35.4 Å². The van der Waals surface area contributed by atoms with Crippen LogP contribution < -0.4 is 30.0 Å². The Balaban J connectivity index is 0.000000537. The van der Waals surface area contributed by atoms with E-state index in [1.54, 1.807) is 24.3 Å². The van der Waals surface area contributed by atoms with E-state index in [0.29, 0.717) is 42.9 Å². The Hall–Kier alpha value is -4.34. The molecule has 2 bridgehead atoms. The second-order valence-electron chi connectivity index (χ2n) is 21.5. The first-order valence-electron chi connectivity index (χ1n) is 25.5. The highest BCUT2D eigenvalue weighted by Crippen LogP contribution is 2.47. The van der Waals surface area contributed by atoms with Gasteiger partial charge in [0.25, 0.3) is 14.2 Å². The molecule has 374 valence electrons. The smallest absolute Gasteiger partial charge is 0.264 e. The van der Waals surface area contributed by atoms with Crippen LogP contribution in [0.1, 0.15) is 87.7 Å². The van der Waals surface area contributed by atoms with E-state index in [2.05, 4.69) is 77.0 Å². The van der Waals surface area contributed by atoms with Crippen LogP contribution in [0.25, 0.3) is 0 Å². The number of ketones is 1. The molecular weight excluding hydrogens is 936 g/mol. The van der Waals surface area contributed by atoms with Crippen molar-refractivity contribution in [1.29, 1.82) is 0 Å². The summed E-state index contributed by atoms with van der Waals surface area (Å²) in [7, 11) is -7.21. The van der Waals surface area contributed by atoms with Crippen LogP contribution in [-0.2, 0) is 35.8 Å². The van der Waals surface area contributed by atoms with E-state index in [1.807, 2.05) is 55.5 Å². The molecule has 2 aliphatic carbocycles. The number of hydrogen-bond acceptors (Lipinski definition) is 10. The first kappa shape index (κ1) is 50.6. The van der Waals surface area contributed by atoms with Gasteiger partial charge in [0.2, 0.25) is 10.0 Å². The molecule has 1 saturated carbocycles. The van der Waals surface area contributed by atoms with Gasteiger partial charge in [-0.25, -0.2) is 13.1 Å². The van der Waals surface area contributed by atoms with Gasteiger partial charge in [-0.1, -0.05) is 112 Å². The third-order valence-electron chi connectivity index (χ3n) is 16.0. The molecular formula is C56H71ClN4O7SSi. The van der Waals surface area contributed by atoms with Gasteiger partial charge in [-0.2, -0.15) is 0 Å². The number of sulfonamides is 1. The Morgan fingerprint density at radius 3 is 2.40 bits per heavy atom. The first-order chi connectivity index (χ1) is 33.7. The summed E-state index contributed by atoms with van der Waals surface area (Å²) in [4.78, 5) is 32.9. The number of rotatable bonds is 6. The summed E-state index contributed by atoms with van der Waals surface area (Å²) in [5.74, 6) is -0.376. The van der Waals surface area contributed by atoms with Gasteiger partial charge in [0.1, 0.15) is 5.75 Å². The number of fused-ring (bicyclic) bond motifs is 5. The van der Waals surface area contributed by atoms with Crippen LogP contribution in [0.3, 0.4) is 0 Å². The van der Waals surface area contributed by atoms with Gasteiger partial charge in [-0.15, -0.1) is 0 Å². The first-order valence-corrected chi connectivity index (χ1v) is 29.4. The van der Waals surface area contributed by atoms with Crippen LogP contribution >= 0.6 is 11.6 Å². The van der Waals surface area contributed by atoms with E-state index in [9.17, 15) is 18.0 Å². The maximum atomic E-state index is 14.6. The molecule has 10 rings (SSSR count). The van der Waals surface area contributed by atoms with Crippen LogP contribution in [0.15, 0.2) is 109 Å². The molecule has 1 spiro atoms. The predicted molar refractivity (Wildman–Crippen MR) is 282 cm³/mol. The fourth-order valence-corrected chi connectivity index (χ4v) is 18.6. The third kappa shape index (κ3) is 10.6. The Bertz CT molecular complexity index is 2570. The van der Waals surface area contributed by atoms with Crippen LogP contribution in [0, 0.1) is 17.8 Å². The van der Waals surface area contributed by atoms with Crippen molar-refractivity contribution >= 4 is 57.7 Å². The van der Waals surface area contributed by atoms with Crippen molar-refractivity contribution < 1.29 is 31.9 Å². The van der Waals surface area contributed by atoms with Crippen LogP contribution in [-0.4, -0.2) is 110 Å². The molecule has 2 saturated heterocycles. The summed E-state index contributed by atoms with van der Waals surface area (Å²) in [5, 5.41) is 5.00. The molecule has 11 nitrogen and oxygen atoms in total. The molecule has 2 N–H and O–H groups in total. The van der Waals surface area contributed by atoms with E-state index in [0.717, 1.165) is 81.0 Å². The zero-order valence-electron chi connectivity index (χ0n) is 41.3. The highest BCUT2D eigenvalue weighted by atomic mass is 35.5. The molecule has 14 heteroatoms. The third-order valence-corrected chi connectivity index (χ3v) is 23.3. The van der Waals surface area contributed by atoms with Crippen molar-refractivity contribution in [1.82, 2.24) is 14.9 Å². The molecule has 3 fully saturated rings. The number of halogens is 1. The van der Waals surface area contributed by atoms with Gasteiger partial charge in [0.15, 0.2) is 5.78 Å². The molecule has 4 heterocycles. The highest BCUT2D eigenvalue weighted by molar-refractivity contribution is 7.90. The summed E-state index contributed by atoms with van der Waals surface area (Å²) >= 11 is 6.47. The molecule has 4 aromatic carbocycles. The van der Waals surface area contributed by atoms with Crippen molar-refractivity contribution in [2.75, 3.05) is 70.6 Å². The number of nitrogens with one attached hydrogen (secondary N) is 2. The molecule has 4 aromatic rings. The quantitative estimate of drug-likeness (QED) is 0.186. The molecule has 0 radical (unpaired) electrons. The van der Waals surface area contributed by atoms with Gasteiger partial charge in [-0.3, -0.25) is 14.5 Å². The fourth-order valence-electron chi connectivity index (χ4n) is 12.1.